The standard InChI is InChI=1S/C24H30N6O/c1-23(2,26)10-9-19-18(13-27-17-7-5-16(6-8-17)14-31-4)20-21(25)28-15-29-22(20)30(19)24(3)11-12-24/h5-8,15,27H,11-14,26H2,1-4H3,(H2,25,28,29). The van der Waals surface area contributed by atoms with Crippen molar-refractivity contribution in [3.63, 3.8) is 0 Å². The normalized spacial score (nSPS) is 14.9. The molecule has 4 rings (SSSR count). The molecule has 0 saturated heterocycles. The van der Waals surface area contributed by atoms with Gasteiger partial charge in [-0.15, -0.1) is 0 Å². The third kappa shape index (κ3) is 4.36. The summed E-state index contributed by atoms with van der Waals surface area (Å²) >= 11 is 0. The molecule has 2 heterocycles. The van der Waals surface area contributed by atoms with Crippen molar-refractivity contribution in [3.05, 3.63) is 47.4 Å². The molecule has 0 spiro atoms. The lowest BCUT2D eigenvalue weighted by Gasteiger charge is -2.16. The molecule has 31 heavy (non-hydrogen) atoms. The first-order valence-corrected chi connectivity index (χ1v) is 10.5. The monoisotopic (exact) mass is 418 g/mol. The molecule has 1 aromatic carbocycles. The van der Waals surface area contributed by atoms with Crippen molar-refractivity contribution in [2.24, 2.45) is 5.73 Å². The van der Waals surface area contributed by atoms with Crippen LogP contribution in [0, 0.1) is 11.8 Å². The Balaban J connectivity index is 1.80. The molecule has 1 aliphatic rings. The molecule has 2 aromatic heterocycles. The zero-order valence-electron chi connectivity index (χ0n) is 18.6. The highest BCUT2D eigenvalue weighted by Gasteiger charge is 2.43. The molecule has 5 N–H and O–H groups in total. The highest BCUT2D eigenvalue weighted by atomic mass is 16.5. The number of fused-ring (bicyclic) bond motifs is 1. The van der Waals surface area contributed by atoms with Crippen molar-refractivity contribution in [1.29, 1.82) is 0 Å². The third-order valence-corrected chi connectivity index (χ3v) is 5.63. The maximum absolute atomic E-state index is 6.33. The van der Waals surface area contributed by atoms with Crippen LogP contribution in [0.15, 0.2) is 30.6 Å². The average molecular weight is 419 g/mol. The van der Waals surface area contributed by atoms with Gasteiger partial charge in [-0.2, -0.15) is 0 Å². The summed E-state index contributed by atoms with van der Waals surface area (Å²) in [7, 11) is 1.69. The van der Waals surface area contributed by atoms with Crippen molar-refractivity contribution in [3.8, 4) is 11.8 Å². The second kappa shape index (κ2) is 7.88. The Hall–Kier alpha value is -3.08. The third-order valence-electron chi connectivity index (χ3n) is 5.63. The molecule has 0 unspecified atom stereocenters. The van der Waals surface area contributed by atoms with Crippen molar-refractivity contribution < 1.29 is 4.74 Å². The quantitative estimate of drug-likeness (QED) is 0.530. The Kier molecular flexibility index (Phi) is 5.38. The molecular formula is C24H30N6O. The van der Waals surface area contributed by atoms with Crippen LogP contribution in [0.3, 0.4) is 0 Å². The molecule has 7 heteroatoms. The Morgan fingerprint density at radius 2 is 1.94 bits per heavy atom. The number of aromatic nitrogens is 3. The molecule has 0 aliphatic heterocycles. The van der Waals surface area contributed by atoms with E-state index in [0.29, 0.717) is 19.0 Å². The summed E-state index contributed by atoms with van der Waals surface area (Å²) in [6, 6.07) is 8.19. The molecule has 1 aliphatic carbocycles. The van der Waals surface area contributed by atoms with Gasteiger partial charge in [-0.25, -0.2) is 9.97 Å². The second-order valence-corrected chi connectivity index (χ2v) is 9.07. The number of hydrogen-bond acceptors (Lipinski definition) is 6. The number of benzene rings is 1. The summed E-state index contributed by atoms with van der Waals surface area (Å²) < 4.78 is 7.43. The van der Waals surface area contributed by atoms with Crippen molar-refractivity contribution in [1.82, 2.24) is 14.5 Å². The Labute approximate surface area is 183 Å². The van der Waals surface area contributed by atoms with Crippen LogP contribution < -0.4 is 16.8 Å². The Bertz CT molecular complexity index is 1160. The lowest BCUT2D eigenvalue weighted by atomic mass is 10.1. The zero-order chi connectivity index (χ0) is 22.2. The van der Waals surface area contributed by atoms with Crippen LogP contribution in [-0.2, 0) is 23.4 Å². The van der Waals surface area contributed by atoms with Gasteiger partial charge >= 0.3 is 0 Å². The first kappa shape index (κ1) is 21.2. The van der Waals surface area contributed by atoms with Crippen LogP contribution >= 0.6 is 0 Å². The van der Waals surface area contributed by atoms with Gasteiger partial charge in [0.15, 0.2) is 0 Å². The van der Waals surface area contributed by atoms with E-state index in [1.54, 1.807) is 7.11 Å². The molecule has 0 atom stereocenters. The van der Waals surface area contributed by atoms with Crippen molar-refractivity contribution in [2.75, 3.05) is 18.2 Å². The van der Waals surface area contributed by atoms with Crippen molar-refractivity contribution in [2.45, 2.75) is 57.8 Å². The number of nitrogens with two attached hydrogens (primary N) is 2. The molecule has 162 valence electrons. The maximum atomic E-state index is 6.33. The lowest BCUT2D eigenvalue weighted by Crippen LogP contribution is -2.29. The molecule has 1 saturated carbocycles. The maximum Gasteiger partial charge on any atom is 0.147 e. The van der Waals surface area contributed by atoms with Gasteiger partial charge in [0.2, 0.25) is 0 Å². The highest BCUT2D eigenvalue weighted by Crippen LogP contribution is 2.47. The average Bonchev–Trinajstić information content (AvgIpc) is 3.36. The topological polar surface area (TPSA) is 104 Å². The van der Waals surface area contributed by atoms with E-state index in [-0.39, 0.29) is 5.54 Å². The van der Waals surface area contributed by atoms with Gasteiger partial charge < -0.3 is 26.1 Å². The summed E-state index contributed by atoms with van der Waals surface area (Å²) in [5, 5.41) is 4.37. The van der Waals surface area contributed by atoms with E-state index < -0.39 is 5.54 Å². The Morgan fingerprint density at radius 3 is 2.55 bits per heavy atom. The predicted molar refractivity (Wildman–Crippen MR) is 124 cm³/mol. The van der Waals surface area contributed by atoms with E-state index >= 15 is 0 Å². The van der Waals surface area contributed by atoms with E-state index in [1.165, 1.54) is 6.33 Å². The van der Waals surface area contributed by atoms with Gasteiger partial charge in [0.05, 0.1) is 17.5 Å². The number of rotatable bonds is 6. The molecule has 0 amide bonds. The Morgan fingerprint density at radius 1 is 1.23 bits per heavy atom. The number of hydrogen-bond donors (Lipinski definition) is 3. The van der Waals surface area contributed by atoms with E-state index in [9.17, 15) is 0 Å². The largest absolute Gasteiger partial charge is 0.383 e. The summed E-state index contributed by atoms with van der Waals surface area (Å²) in [4.78, 5) is 8.85. The molecule has 3 aromatic rings. The summed E-state index contributed by atoms with van der Waals surface area (Å²) in [6.45, 7) is 7.18. The SMILES string of the molecule is COCc1ccc(NCc2c(C#CC(C)(C)N)n(C3(C)CC3)c3ncnc(N)c23)cc1. The minimum atomic E-state index is -0.606. The van der Waals surface area contributed by atoms with Crippen LogP contribution in [-0.4, -0.2) is 27.2 Å². The molecular weight excluding hydrogens is 388 g/mol. The van der Waals surface area contributed by atoms with Gasteiger partial charge in [-0.05, 0) is 57.2 Å². The number of anilines is 2. The summed E-state index contributed by atoms with van der Waals surface area (Å²) in [5.74, 6) is 7.02. The fraction of sp³-hybridized carbons (Fsp3) is 0.417. The number of nitrogens with one attached hydrogen (secondary N) is 1. The smallest absolute Gasteiger partial charge is 0.147 e. The highest BCUT2D eigenvalue weighted by molar-refractivity contribution is 5.92. The fourth-order valence-corrected chi connectivity index (χ4v) is 3.74. The van der Waals surface area contributed by atoms with Crippen LogP contribution in [0.5, 0.6) is 0 Å². The molecule has 0 radical (unpaired) electrons. The van der Waals surface area contributed by atoms with Gasteiger partial charge in [0.1, 0.15) is 23.5 Å². The second-order valence-electron chi connectivity index (χ2n) is 9.07. The van der Waals surface area contributed by atoms with Crippen LogP contribution in [0.25, 0.3) is 11.0 Å². The number of nitrogen functional groups attached to an aromatic ring is 1. The minimum Gasteiger partial charge on any atom is -0.383 e. The lowest BCUT2D eigenvalue weighted by molar-refractivity contribution is 0.185. The van der Waals surface area contributed by atoms with Gasteiger partial charge in [-0.1, -0.05) is 18.1 Å². The predicted octanol–water partition coefficient (Wildman–Crippen LogP) is 3.37. The van der Waals surface area contributed by atoms with Gasteiger partial charge in [0, 0.05) is 30.4 Å². The fourth-order valence-electron chi connectivity index (χ4n) is 3.74. The summed E-state index contributed by atoms with van der Waals surface area (Å²) in [5.41, 5.74) is 16.8. The minimum absolute atomic E-state index is 0.0121. The molecule has 0 bridgehead atoms. The van der Waals surface area contributed by atoms with Crippen LogP contribution in [0.1, 0.15) is 50.4 Å². The first-order chi connectivity index (χ1) is 14.7. The molecule has 7 nitrogen and oxygen atoms in total. The van der Waals surface area contributed by atoms with Crippen LogP contribution in [0.4, 0.5) is 11.5 Å². The van der Waals surface area contributed by atoms with Gasteiger partial charge in [-0.3, -0.25) is 0 Å². The molecule has 1 fully saturated rings. The van der Waals surface area contributed by atoms with Crippen LogP contribution in [0.2, 0.25) is 0 Å². The van der Waals surface area contributed by atoms with E-state index in [2.05, 4.69) is 50.7 Å². The summed E-state index contributed by atoms with van der Waals surface area (Å²) in [6.07, 6.45) is 3.68. The van der Waals surface area contributed by atoms with Crippen molar-refractivity contribution >= 4 is 22.5 Å². The van der Waals surface area contributed by atoms with Gasteiger partial charge in [0.25, 0.3) is 0 Å². The van der Waals surface area contributed by atoms with E-state index in [1.807, 2.05) is 26.0 Å². The van der Waals surface area contributed by atoms with E-state index in [0.717, 1.165) is 46.4 Å². The zero-order valence-corrected chi connectivity index (χ0v) is 18.6. The number of methoxy groups -OCH3 is 1. The first-order valence-electron chi connectivity index (χ1n) is 10.5. The number of nitrogens with zero attached hydrogens (tertiary/aromatic N) is 3. The van der Waals surface area contributed by atoms with E-state index in [4.69, 9.17) is 16.2 Å². The number of ether oxygens (including phenoxy) is 1.